The van der Waals surface area contributed by atoms with Gasteiger partial charge < -0.3 is 5.11 Å². The summed E-state index contributed by atoms with van der Waals surface area (Å²) >= 11 is 4.59. The number of carboxylic acids is 1. The van der Waals surface area contributed by atoms with Crippen LogP contribution in [0.4, 0.5) is 0 Å². The second kappa shape index (κ2) is 5.29. The van der Waals surface area contributed by atoms with E-state index in [2.05, 4.69) is 15.9 Å². The Morgan fingerprint density at radius 2 is 2.19 bits per heavy atom. The predicted molar refractivity (Wildman–Crippen MR) is 66.4 cm³/mol. The molecule has 1 aromatic heterocycles. The largest absolute Gasteiger partial charge is 0.481 e. The minimum atomic E-state index is -3.39. The van der Waals surface area contributed by atoms with Gasteiger partial charge in [-0.25, -0.2) is 8.42 Å². The van der Waals surface area contributed by atoms with Crippen molar-refractivity contribution in [2.24, 2.45) is 0 Å². The van der Waals surface area contributed by atoms with Crippen LogP contribution in [0.5, 0.6) is 0 Å². The predicted octanol–water partition coefficient (Wildman–Crippen LogP) is 2.29. The van der Waals surface area contributed by atoms with E-state index < -0.39 is 21.1 Å². The van der Waals surface area contributed by atoms with Crippen LogP contribution < -0.4 is 0 Å². The van der Waals surface area contributed by atoms with Gasteiger partial charge in [0.25, 0.3) is 0 Å². The maximum absolute atomic E-state index is 11.8. The zero-order chi connectivity index (χ0) is 12.3. The molecular formula is C9H11BrO4S2. The number of carbonyl (C=O) groups is 1. The maximum Gasteiger partial charge on any atom is 0.304 e. The van der Waals surface area contributed by atoms with Gasteiger partial charge in [-0.2, -0.15) is 0 Å². The summed E-state index contributed by atoms with van der Waals surface area (Å²) in [5.41, 5.74) is 0. The highest BCUT2D eigenvalue weighted by atomic mass is 79.9. The van der Waals surface area contributed by atoms with E-state index in [-0.39, 0.29) is 12.2 Å². The van der Waals surface area contributed by atoms with Crippen molar-refractivity contribution in [3.05, 3.63) is 20.8 Å². The molecule has 4 nitrogen and oxygen atoms in total. The number of aliphatic carboxylic acids is 1. The Morgan fingerprint density at radius 1 is 1.56 bits per heavy atom. The van der Waals surface area contributed by atoms with E-state index in [1.807, 2.05) is 0 Å². The first-order chi connectivity index (χ1) is 7.31. The minimum absolute atomic E-state index is 0.0995. The number of rotatable bonds is 5. The molecule has 1 rings (SSSR count). The average molecular weight is 327 g/mol. The molecule has 1 aromatic rings. The molecule has 0 bridgehead atoms. The van der Waals surface area contributed by atoms with Crippen LogP contribution in [0.1, 0.15) is 18.2 Å². The van der Waals surface area contributed by atoms with Gasteiger partial charge in [0, 0.05) is 4.88 Å². The van der Waals surface area contributed by atoms with Crippen LogP contribution in [0.25, 0.3) is 0 Å². The standard InChI is InChI=1S/C9H11BrO4S2/c1-6(4-9(11)12)16(13,14)5-7-2-3-8(10)15-7/h2-3,6H,4-5H2,1H3,(H,11,12). The lowest BCUT2D eigenvalue weighted by atomic mass is 10.3. The minimum Gasteiger partial charge on any atom is -0.481 e. The van der Waals surface area contributed by atoms with Crippen LogP contribution in [0.3, 0.4) is 0 Å². The van der Waals surface area contributed by atoms with Crippen LogP contribution in [-0.2, 0) is 20.4 Å². The summed E-state index contributed by atoms with van der Waals surface area (Å²) in [5.74, 6) is -1.19. The molecular weight excluding hydrogens is 316 g/mol. The molecule has 16 heavy (non-hydrogen) atoms. The first kappa shape index (κ1) is 13.7. The number of sulfone groups is 1. The Balaban J connectivity index is 2.75. The quantitative estimate of drug-likeness (QED) is 0.901. The summed E-state index contributed by atoms with van der Waals surface area (Å²) in [6.45, 7) is 1.42. The van der Waals surface area contributed by atoms with Gasteiger partial charge in [0.15, 0.2) is 9.84 Å². The molecule has 0 aliphatic rings. The smallest absolute Gasteiger partial charge is 0.304 e. The van der Waals surface area contributed by atoms with Crippen LogP contribution >= 0.6 is 27.3 Å². The van der Waals surface area contributed by atoms with E-state index in [0.717, 1.165) is 3.79 Å². The van der Waals surface area contributed by atoms with Crippen molar-refractivity contribution in [2.75, 3.05) is 0 Å². The first-order valence-corrected chi connectivity index (χ1v) is 7.81. The molecule has 1 heterocycles. The van der Waals surface area contributed by atoms with Crippen LogP contribution in [-0.4, -0.2) is 24.7 Å². The molecule has 1 unspecified atom stereocenters. The highest BCUT2D eigenvalue weighted by molar-refractivity contribution is 9.11. The Labute approximate surface area is 106 Å². The topological polar surface area (TPSA) is 71.4 Å². The first-order valence-electron chi connectivity index (χ1n) is 4.49. The fraction of sp³-hybridized carbons (Fsp3) is 0.444. The molecule has 0 fully saturated rings. The summed E-state index contributed by atoms with van der Waals surface area (Å²) in [7, 11) is -3.39. The van der Waals surface area contributed by atoms with Crippen molar-refractivity contribution in [3.63, 3.8) is 0 Å². The van der Waals surface area contributed by atoms with Crippen molar-refractivity contribution >= 4 is 43.1 Å². The highest BCUT2D eigenvalue weighted by Gasteiger charge is 2.24. The fourth-order valence-electron chi connectivity index (χ4n) is 1.14. The van der Waals surface area contributed by atoms with Gasteiger partial charge >= 0.3 is 5.97 Å². The van der Waals surface area contributed by atoms with E-state index in [9.17, 15) is 13.2 Å². The lowest BCUT2D eigenvalue weighted by Crippen LogP contribution is -2.22. The Bertz CT molecular complexity index is 477. The second-order valence-corrected chi connectivity index (χ2v) is 8.39. The van der Waals surface area contributed by atoms with E-state index >= 15 is 0 Å². The fourth-order valence-corrected chi connectivity index (χ4v) is 4.32. The molecule has 0 aromatic carbocycles. The van der Waals surface area contributed by atoms with Crippen molar-refractivity contribution in [2.45, 2.75) is 24.3 Å². The summed E-state index contributed by atoms with van der Waals surface area (Å²) in [5, 5.41) is 7.69. The molecule has 0 aliphatic carbocycles. The van der Waals surface area contributed by atoms with Gasteiger partial charge in [-0.1, -0.05) is 0 Å². The van der Waals surface area contributed by atoms with Gasteiger partial charge in [-0.05, 0) is 35.0 Å². The molecule has 1 N–H and O–H groups in total. The molecule has 7 heteroatoms. The molecule has 0 saturated heterocycles. The van der Waals surface area contributed by atoms with Gasteiger partial charge in [-0.15, -0.1) is 11.3 Å². The number of carboxylic acid groups (broad SMARTS) is 1. The van der Waals surface area contributed by atoms with E-state index in [4.69, 9.17) is 5.11 Å². The van der Waals surface area contributed by atoms with Crippen molar-refractivity contribution < 1.29 is 18.3 Å². The number of thiophene rings is 1. The van der Waals surface area contributed by atoms with E-state index in [0.29, 0.717) is 4.88 Å². The van der Waals surface area contributed by atoms with Gasteiger partial charge in [0.2, 0.25) is 0 Å². The summed E-state index contributed by atoms with van der Waals surface area (Å²) in [6.07, 6.45) is -0.352. The molecule has 0 radical (unpaired) electrons. The van der Waals surface area contributed by atoms with Gasteiger partial charge in [0.1, 0.15) is 0 Å². The number of hydrogen-bond acceptors (Lipinski definition) is 4. The summed E-state index contributed by atoms with van der Waals surface area (Å²) in [4.78, 5) is 11.2. The molecule has 1 atom stereocenters. The number of halogens is 1. The Morgan fingerprint density at radius 3 is 2.62 bits per heavy atom. The third kappa shape index (κ3) is 3.88. The SMILES string of the molecule is CC(CC(=O)O)S(=O)(=O)Cc1ccc(Br)s1. The van der Waals surface area contributed by atoms with E-state index in [1.165, 1.54) is 18.3 Å². The Kier molecular flexibility index (Phi) is 4.52. The van der Waals surface area contributed by atoms with Crippen molar-refractivity contribution in [1.29, 1.82) is 0 Å². The monoisotopic (exact) mass is 326 g/mol. The molecule has 90 valence electrons. The van der Waals surface area contributed by atoms with Gasteiger partial charge in [0.05, 0.1) is 21.2 Å². The van der Waals surface area contributed by atoms with Crippen LogP contribution in [0, 0.1) is 0 Å². The lowest BCUT2D eigenvalue weighted by molar-refractivity contribution is -0.136. The highest BCUT2D eigenvalue weighted by Crippen LogP contribution is 2.25. The number of hydrogen-bond donors (Lipinski definition) is 1. The lowest BCUT2D eigenvalue weighted by Gasteiger charge is -2.09. The molecule has 0 aliphatic heterocycles. The third-order valence-corrected chi connectivity index (χ3v) is 5.96. The summed E-state index contributed by atoms with van der Waals surface area (Å²) in [6, 6.07) is 3.50. The van der Waals surface area contributed by atoms with Crippen molar-refractivity contribution in [1.82, 2.24) is 0 Å². The summed E-state index contributed by atoms with van der Waals surface area (Å²) < 4.78 is 24.4. The zero-order valence-corrected chi connectivity index (χ0v) is 11.7. The van der Waals surface area contributed by atoms with Gasteiger partial charge in [-0.3, -0.25) is 4.79 Å². The molecule has 0 spiro atoms. The van der Waals surface area contributed by atoms with Crippen molar-refractivity contribution in [3.8, 4) is 0 Å². The zero-order valence-electron chi connectivity index (χ0n) is 8.51. The maximum atomic E-state index is 11.8. The van der Waals surface area contributed by atoms with E-state index in [1.54, 1.807) is 12.1 Å². The molecule has 0 amide bonds. The van der Waals surface area contributed by atoms with Crippen LogP contribution in [0.2, 0.25) is 0 Å². The molecule has 0 saturated carbocycles. The van der Waals surface area contributed by atoms with Crippen LogP contribution in [0.15, 0.2) is 15.9 Å². The average Bonchev–Trinajstić information content (AvgIpc) is 2.49. The Hall–Kier alpha value is -0.400. The third-order valence-electron chi connectivity index (χ3n) is 2.05. The normalized spacial score (nSPS) is 13.6. The second-order valence-electron chi connectivity index (χ2n) is 3.42.